The highest BCUT2D eigenvalue weighted by molar-refractivity contribution is 7.99. The Balaban J connectivity index is 1.59. The van der Waals surface area contributed by atoms with E-state index in [2.05, 4.69) is 16.9 Å². The van der Waals surface area contributed by atoms with E-state index in [-0.39, 0.29) is 22.5 Å². The van der Waals surface area contributed by atoms with E-state index in [1.807, 2.05) is 32.0 Å². The third-order valence-electron chi connectivity index (χ3n) is 6.14. The molecule has 3 aromatic heterocycles. The number of thioether (sulfide) groups is 1. The van der Waals surface area contributed by atoms with Crippen LogP contribution in [-0.2, 0) is 17.7 Å². The first-order valence-electron chi connectivity index (χ1n) is 11.3. The van der Waals surface area contributed by atoms with E-state index in [1.54, 1.807) is 22.0 Å². The van der Waals surface area contributed by atoms with E-state index in [0.717, 1.165) is 46.5 Å². The smallest absolute Gasteiger partial charge is 0.263 e. The van der Waals surface area contributed by atoms with Crippen molar-refractivity contribution in [2.24, 2.45) is 0 Å². The summed E-state index contributed by atoms with van der Waals surface area (Å²) in [7, 11) is 0. The van der Waals surface area contributed by atoms with Gasteiger partial charge in [0.05, 0.1) is 34.2 Å². The molecule has 0 spiro atoms. The summed E-state index contributed by atoms with van der Waals surface area (Å²) in [6.07, 6.45) is 2.76. The second-order valence-electron chi connectivity index (χ2n) is 8.34. The van der Waals surface area contributed by atoms with Crippen molar-refractivity contribution in [2.75, 3.05) is 6.61 Å². The topological polar surface area (TPSA) is 89.9 Å². The van der Waals surface area contributed by atoms with Gasteiger partial charge in [0.15, 0.2) is 5.16 Å². The number of fused-ring (bicyclic) bond motifs is 2. The molecule has 2 atom stereocenters. The predicted molar refractivity (Wildman–Crippen MR) is 134 cm³/mol. The Hall–Kier alpha value is -2.49. The van der Waals surface area contributed by atoms with Gasteiger partial charge in [0, 0.05) is 11.5 Å². The number of hydrogen-bond donors (Lipinski definition) is 1. The Bertz CT molecular complexity index is 1450. The zero-order chi connectivity index (χ0) is 23.1. The second-order valence-corrected chi connectivity index (χ2v) is 10.9. The molecule has 1 fully saturated rings. The summed E-state index contributed by atoms with van der Waals surface area (Å²) in [5.41, 5.74) is 1.57. The summed E-state index contributed by atoms with van der Waals surface area (Å²) >= 11 is 3.01. The molecule has 0 radical (unpaired) electrons. The number of aryl methyl sites for hydroxylation is 2. The number of hydrogen-bond acceptors (Lipinski definition) is 7. The molecule has 1 aliphatic rings. The van der Waals surface area contributed by atoms with Gasteiger partial charge in [-0.1, -0.05) is 30.8 Å². The SMILES string of the molecule is CCc1c(C)sc2nc(SC(C)c3nc4ccccc4c(=O)[nH]3)n(CC3CCCO3)c(=O)c12. The molecule has 7 nitrogen and oxygen atoms in total. The van der Waals surface area contributed by atoms with Gasteiger partial charge >= 0.3 is 0 Å². The van der Waals surface area contributed by atoms with Gasteiger partial charge < -0.3 is 9.72 Å². The maximum Gasteiger partial charge on any atom is 0.263 e. The third kappa shape index (κ3) is 4.13. The van der Waals surface area contributed by atoms with Crippen molar-refractivity contribution in [1.29, 1.82) is 0 Å². The third-order valence-corrected chi connectivity index (χ3v) is 8.28. The number of para-hydroxylation sites is 1. The van der Waals surface area contributed by atoms with E-state index in [9.17, 15) is 9.59 Å². The molecule has 4 heterocycles. The zero-order valence-corrected chi connectivity index (χ0v) is 20.5. The number of aromatic amines is 1. The highest BCUT2D eigenvalue weighted by atomic mass is 32.2. The fourth-order valence-electron chi connectivity index (χ4n) is 4.41. The lowest BCUT2D eigenvalue weighted by atomic mass is 10.1. The Kier molecular flexibility index (Phi) is 6.11. The molecule has 5 rings (SSSR count). The first kappa shape index (κ1) is 22.3. The van der Waals surface area contributed by atoms with E-state index in [4.69, 9.17) is 9.72 Å². The standard InChI is InChI=1S/C24H26N4O3S2/c1-4-16-13(2)32-22-19(16)23(30)28(12-15-8-7-11-31-15)24(27-22)33-14(3)20-25-18-10-6-5-9-17(18)21(29)26-20/h5-6,9-10,14-15H,4,7-8,11-12H2,1-3H3,(H,25,26,29). The quantitative estimate of drug-likeness (QED) is 0.319. The predicted octanol–water partition coefficient (Wildman–Crippen LogP) is 4.60. The number of H-pyrrole nitrogens is 1. The van der Waals surface area contributed by atoms with Crippen LogP contribution in [0.25, 0.3) is 21.1 Å². The summed E-state index contributed by atoms with van der Waals surface area (Å²) in [6, 6.07) is 7.30. The molecular weight excluding hydrogens is 456 g/mol. The van der Waals surface area contributed by atoms with Gasteiger partial charge in [0.25, 0.3) is 11.1 Å². The van der Waals surface area contributed by atoms with Gasteiger partial charge in [-0.05, 0) is 50.8 Å². The van der Waals surface area contributed by atoms with Crippen molar-refractivity contribution in [2.45, 2.75) is 63.1 Å². The normalized spacial score (nSPS) is 17.2. The lowest BCUT2D eigenvalue weighted by Crippen LogP contribution is -2.29. The number of nitrogens with zero attached hydrogens (tertiary/aromatic N) is 3. The Morgan fingerprint density at radius 1 is 1.30 bits per heavy atom. The molecule has 0 bridgehead atoms. The van der Waals surface area contributed by atoms with Crippen molar-refractivity contribution in [3.63, 3.8) is 0 Å². The molecule has 1 saturated heterocycles. The fourth-order valence-corrected chi connectivity index (χ4v) is 6.54. The van der Waals surface area contributed by atoms with Crippen LogP contribution in [0.15, 0.2) is 39.0 Å². The van der Waals surface area contributed by atoms with E-state index in [0.29, 0.717) is 28.4 Å². The van der Waals surface area contributed by atoms with E-state index >= 15 is 0 Å². The van der Waals surface area contributed by atoms with Crippen LogP contribution >= 0.6 is 23.1 Å². The van der Waals surface area contributed by atoms with Crippen molar-refractivity contribution in [1.82, 2.24) is 19.5 Å². The van der Waals surface area contributed by atoms with Crippen molar-refractivity contribution in [3.05, 3.63) is 61.2 Å². The molecule has 1 N–H and O–H groups in total. The number of thiophene rings is 1. The second kappa shape index (κ2) is 9.04. The first-order valence-corrected chi connectivity index (χ1v) is 13.0. The van der Waals surface area contributed by atoms with Gasteiger partial charge in [-0.25, -0.2) is 9.97 Å². The summed E-state index contributed by atoms with van der Waals surface area (Å²) in [6.45, 7) is 7.31. The fraction of sp³-hybridized carbons (Fsp3) is 0.417. The summed E-state index contributed by atoms with van der Waals surface area (Å²) in [5.74, 6) is 0.568. The van der Waals surface area contributed by atoms with Crippen LogP contribution in [0.2, 0.25) is 0 Å². The Labute approximate surface area is 199 Å². The van der Waals surface area contributed by atoms with Crippen molar-refractivity contribution < 1.29 is 4.74 Å². The molecule has 33 heavy (non-hydrogen) atoms. The Morgan fingerprint density at radius 3 is 2.88 bits per heavy atom. The zero-order valence-electron chi connectivity index (χ0n) is 18.9. The van der Waals surface area contributed by atoms with Crippen LogP contribution in [-0.4, -0.2) is 32.2 Å². The van der Waals surface area contributed by atoms with E-state index in [1.165, 1.54) is 11.8 Å². The van der Waals surface area contributed by atoms with Crippen LogP contribution in [0, 0.1) is 6.92 Å². The highest BCUT2D eigenvalue weighted by Crippen LogP contribution is 2.35. The van der Waals surface area contributed by atoms with Gasteiger partial charge in [-0.2, -0.15) is 0 Å². The number of aromatic nitrogens is 4. The maximum absolute atomic E-state index is 13.7. The summed E-state index contributed by atoms with van der Waals surface area (Å²) in [4.78, 5) is 40.6. The molecule has 0 aliphatic carbocycles. The highest BCUT2D eigenvalue weighted by Gasteiger charge is 2.24. The van der Waals surface area contributed by atoms with Crippen LogP contribution < -0.4 is 11.1 Å². The largest absolute Gasteiger partial charge is 0.376 e. The van der Waals surface area contributed by atoms with E-state index < -0.39 is 0 Å². The van der Waals surface area contributed by atoms with Crippen LogP contribution in [0.1, 0.15) is 48.2 Å². The van der Waals surface area contributed by atoms with Crippen molar-refractivity contribution in [3.8, 4) is 0 Å². The minimum absolute atomic E-state index is 0.00800. The lowest BCUT2D eigenvalue weighted by Gasteiger charge is -2.18. The van der Waals surface area contributed by atoms with Gasteiger partial charge in [0.2, 0.25) is 0 Å². The number of nitrogens with one attached hydrogen (secondary N) is 1. The molecule has 1 aliphatic heterocycles. The number of rotatable bonds is 6. The molecule has 9 heteroatoms. The molecular formula is C24H26N4O3S2. The Morgan fingerprint density at radius 2 is 2.12 bits per heavy atom. The monoisotopic (exact) mass is 482 g/mol. The summed E-state index contributed by atoms with van der Waals surface area (Å²) < 4.78 is 7.61. The number of benzene rings is 1. The minimum Gasteiger partial charge on any atom is -0.376 e. The summed E-state index contributed by atoms with van der Waals surface area (Å²) in [5, 5.41) is 1.73. The lowest BCUT2D eigenvalue weighted by molar-refractivity contribution is 0.0937. The first-order chi connectivity index (χ1) is 16.0. The van der Waals surface area contributed by atoms with Gasteiger partial charge in [0.1, 0.15) is 10.7 Å². The molecule has 172 valence electrons. The molecule has 4 aromatic rings. The van der Waals surface area contributed by atoms with Crippen LogP contribution in [0.4, 0.5) is 0 Å². The van der Waals surface area contributed by atoms with Gasteiger partial charge in [-0.15, -0.1) is 11.3 Å². The number of ether oxygens (including phenoxy) is 1. The van der Waals surface area contributed by atoms with Gasteiger partial charge in [-0.3, -0.25) is 14.2 Å². The van der Waals surface area contributed by atoms with Crippen LogP contribution in [0.3, 0.4) is 0 Å². The molecule has 2 unspecified atom stereocenters. The average Bonchev–Trinajstić information content (AvgIpc) is 3.43. The van der Waals surface area contributed by atoms with Crippen LogP contribution in [0.5, 0.6) is 0 Å². The maximum atomic E-state index is 13.7. The molecule has 0 saturated carbocycles. The molecule has 1 aromatic carbocycles. The van der Waals surface area contributed by atoms with Crippen molar-refractivity contribution >= 4 is 44.2 Å². The minimum atomic E-state index is -0.200. The molecule has 0 amide bonds. The average molecular weight is 483 g/mol.